The lowest BCUT2D eigenvalue weighted by Crippen LogP contribution is -2.25. The van der Waals surface area contributed by atoms with Crippen LogP contribution in [0.4, 0.5) is 5.13 Å². The highest BCUT2D eigenvalue weighted by Crippen LogP contribution is 2.19. The Kier molecular flexibility index (Phi) is 4.63. The summed E-state index contributed by atoms with van der Waals surface area (Å²) in [5.41, 5.74) is 0.273. The van der Waals surface area contributed by atoms with E-state index in [2.05, 4.69) is 9.71 Å². The first-order valence-electron chi connectivity index (χ1n) is 4.96. The van der Waals surface area contributed by atoms with Gasteiger partial charge in [0.25, 0.3) is 10.0 Å². The van der Waals surface area contributed by atoms with Crippen molar-refractivity contribution in [2.45, 2.75) is 25.0 Å². The van der Waals surface area contributed by atoms with Crippen LogP contribution in [0.2, 0.25) is 0 Å². The number of nitriles is 1. The Morgan fingerprint density at radius 1 is 1.72 bits per heavy atom. The third-order valence-corrected chi connectivity index (χ3v) is 4.60. The molecule has 0 aromatic carbocycles. The van der Waals surface area contributed by atoms with E-state index < -0.39 is 21.2 Å². The van der Waals surface area contributed by atoms with Crippen molar-refractivity contribution < 1.29 is 18.3 Å². The van der Waals surface area contributed by atoms with E-state index in [1.165, 1.54) is 5.38 Å². The van der Waals surface area contributed by atoms with E-state index in [9.17, 15) is 13.2 Å². The zero-order chi connectivity index (χ0) is 13.8. The van der Waals surface area contributed by atoms with Crippen LogP contribution in [0.5, 0.6) is 0 Å². The quantitative estimate of drug-likeness (QED) is 0.799. The Bertz CT molecular complexity index is 573. The van der Waals surface area contributed by atoms with Gasteiger partial charge in [0.1, 0.15) is 0 Å². The summed E-state index contributed by atoms with van der Waals surface area (Å²) in [6, 6.07) is 1.68. The highest BCUT2D eigenvalue weighted by molar-refractivity contribution is 7.93. The number of carboxylic acid groups (broad SMARTS) is 1. The minimum absolute atomic E-state index is 0.0694. The van der Waals surface area contributed by atoms with Gasteiger partial charge in [-0.05, 0) is 6.42 Å². The number of nitrogens with zero attached hydrogens (tertiary/aromatic N) is 2. The third-order valence-electron chi connectivity index (χ3n) is 2.00. The van der Waals surface area contributed by atoms with E-state index in [0.717, 1.165) is 11.3 Å². The summed E-state index contributed by atoms with van der Waals surface area (Å²) in [7, 11) is -3.80. The Hall–Kier alpha value is -1.66. The fourth-order valence-electron chi connectivity index (χ4n) is 1.16. The van der Waals surface area contributed by atoms with E-state index in [4.69, 9.17) is 10.4 Å². The molecule has 1 rings (SSSR count). The van der Waals surface area contributed by atoms with Gasteiger partial charge in [-0.1, -0.05) is 6.92 Å². The van der Waals surface area contributed by atoms with Gasteiger partial charge in [-0.25, -0.2) is 13.4 Å². The minimum atomic E-state index is -3.80. The van der Waals surface area contributed by atoms with Crippen LogP contribution < -0.4 is 4.72 Å². The molecule has 1 unspecified atom stereocenters. The van der Waals surface area contributed by atoms with E-state index in [1.54, 1.807) is 13.0 Å². The highest BCUT2D eigenvalue weighted by Gasteiger charge is 2.24. The zero-order valence-corrected chi connectivity index (χ0v) is 11.1. The standard InChI is InChI=1S/C9H11N3O4S2/c1-2-7(4-10)18(15,16)12-9-11-6(5-17-9)3-8(13)14/h5,7H,2-3H2,1H3,(H,11,12)(H,13,14). The molecule has 2 N–H and O–H groups in total. The summed E-state index contributed by atoms with van der Waals surface area (Å²) in [5.74, 6) is -1.04. The van der Waals surface area contributed by atoms with E-state index >= 15 is 0 Å². The molecule has 1 aromatic rings. The smallest absolute Gasteiger partial charge is 0.309 e. The number of nitrogens with one attached hydrogen (secondary N) is 1. The van der Waals surface area contributed by atoms with Crippen molar-refractivity contribution in [1.29, 1.82) is 5.26 Å². The lowest BCUT2D eigenvalue weighted by atomic mass is 10.3. The number of aliphatic carboxylic acids is 1. The molecule has 0 radical (unpaired) electrons. The van der Waals surface area contributed by atoms with E-state index in [1.807, 2.05) is 0 Å². The monoisotopic (exact) mass is 289 g/mol. The molecule has 0 aliphatic carbocycles. The van der Waals surface area contributed by atoms with Gasteiger partial charge in [0.05, 0.1) is 18.2 Å². The van der Waals surface area contributed by atoms with Gasteiger partial charge in [0.15, 0.2) is 10.4 Å². The lowest BCUT2D eigenvalue weighted by molar-refractivity contribution is -0.136. The Morgan fingerprint density at radius 2 is 2.39 bits per heavy atom. The van der Waals surface area contributed by atoms with Crippen molar-refractivity contribution in [2.75, 3.05) is 4.72 Å². The van der Waals surface area contributed by atoms with Crippen molar-refractivity contribution in [2.24, 2.45) is 0 Å². The van der Waals surface area contributed by atoms with E-state index in [0.29, 0.717) is 0 Å². The molecule has 0 spiro atoms. The average molecular weight is 289 g/mol. The number of rotatable bonds is 6. The normalized spacial score (nSPS) is 12.7. The van der Waals surface area contributed by atoms with Crippen LogP contribution in [0.25, 0.3) is 0 Å². The molecule has 1 aromatic heterocycles. The van der Waals surface area contributed by atoms with Crippen LogP contribution in [0, 0.1) is 11.3 Å². The lowest BCUT2D eigenvalue weighted by Gasteiger charge is -2.08. The third kappa shape index (κ3) is 3.68. The number of aromatic nitrogens is 1. The SMILES string of the molecule is CCC(C#N)S(=O)(=O)Nc1nc(CC(=O)O)cs1. The second kappa shape index (κ2) is 5.79. The van der Waals surface area contributed by atoms with Crippen LogP contribution in [0.1, 0.15) is 19.0 Å². The van der Waals surface area contributed by atoms with Crippen molar-refractivity contribution in [1.82, 2.24) is 4.98 Å². The number of carbonyl (C=O) groups is 1. The molecule has 7 nitrogen and oxygen atoms in total. The van der Waals surface area contributed by atoms with Crippen molar-refractivity contribution >= 4 is 32.5 Å². The first-order valence-corrected chi connectivity index (χ1v) is 7.39. The van der Waals surface area contributed by atoms with Gasteiger partial charge >= 0.3 is 5.97 Å². The zero-order valence-electron chi connectivity index (χ0n) is 9.45. The van der Waals surface area contributed by atoms with Gasteiger partial charge in [0, 0.05) is 5.38 Å². The molecule has 0 aliphatic heterocycles. The maximum atomic E-state index is 11.7. The Balaban J connectivity index is 2.82. The first-order chi connectivity index (χ1) is 8.39. The fourth-order valence-corrected chi connectivity index (χ4v) is 3.27. The molecule has 9 heteroatoms. The second-order valence-corrected chi connectivity index (χ2v) is 6.11. The summed E-state index contributed by atoms with van der Waals surface area (Å²) in [5, 5.41) is 17.6. The van der Waals surface area contributed by atoms with Crippen molar-refractivity contribution in [3.8, 4) is 6.07 Å². The van der Waals surface area contributed by atoms with Crippen LogP contribution in [0.15, 0.2) is 5.38 Å². The second-order valence-electron chi connectivity index (χ2n) is 3.39. The summed E-state index contributed by atoms with van der Waals surface area (Å²) in [6.45, 7) is 1.59. The Morgan fingerprint density at radius 3 is 2.89 bits per heavy atom. The molecule has 1 atom stereocenters. The van der Waals surface area contributed by atoms with Crippen LogP contribution in [-0.4, -0.2) is 29.7 Å². The van der Waals surface area contributed by atoms with Gasteiger partial charge < -0.3 is 5.11 Å². The summed E-state index contributed by atoms with van der Waals surface area (Å²) < 4.78 is 25.6. The van der Waals surface area contributed by atoms with Crippen molar-refractivity contribution in [3.63, 3.8) is 0 Å². The number of hydrogen-bond donors (Lipinski definition) is 2. The number of anilines is 1. The van der Waals surface area contributed by atoms with Gasteiger partial charge in [-0.2, -0.15) is 5.26 Å². The molecule has 0 fully saturated rings. The molecule has 0 amide bonds. The number of thiazole rings is 1. The van der Waals surface area contributed by atoms with Gasteiger partial charge in [0.2, 0.25) is 0 Å². The number of hydrogen-bond acceptors (Lipinski definition) is 6. The molecule has 0 bridgehead atoms. The van der Waals surface area contributed by atoms with Crippen LogP contribution in [-0.2, 0) is 21.2 Å². The van der Waals surface area contributed by atoms with Crippen LogP contribution >= 0.6 is 11.3 Å². The van der Waals surface area contributed by atoms with Crippen molar-refractivity contribution in [3.05, 3.63) is 11.1 Å². The number of sulfonamides is 1. The topological polar surface area (TPSA) is 120 Å². The molecule has 98 valence electrons. The van der Waals surface area contributed by atoms with Gasteiger partial charge in [-0.3, -0.25) is 9.52 Å². The maximum Gasteiger partial charge on any atom is 0.309 e. The van der Waals surface area contributed by atoms with Gasteiger partial charge in [-0.15, -0.1) is 11.3 Å². The average Bonchev–Trinajstić information content (AvgIpc) is 2.64. The minimum Gasteiger partial charge on any atom is -0.481 e. The number of carboxylic acids is 1. The fraction of sp³-hybridized carbons (Fsp3) is 0.444. The molecular formula is C9H11N3O4S2. The first kappa shape index (κ1) is 14.4. The molecule has 18 heavy (non-hydrogen) atoms. The molecule has 0 saturated heterocycles. The predicted molar refractivity (Wildman–Crippen MR) is 65.7 cm³/mol. The summed E-state index contributed by atoms with van der Waals surface area (Å²) >= 11 is 0.983. The highest BCUT2D eigenvalue weighted by atomic mass is 32.2. The Labute approximate surface area is 108 Å². The molecule has 0 saturated carbocycles. The summed E-state index contributed by atoms with van der Waals surface area (Å²) in [4.78, 5) is 14.3. The van der Waals surface area contributed by atoms with Crippen LogP contribution in [0.3, 0.4) is 0 Å². The molecular weight excluding hydrogens is 278 g/mol. The predicted octanol–water partition coefficient (Wildman–Crippen LogP) is 0.814. The summed E-state index contributed by atoms with van der Waals surface area (Å²) in [6.07, 6.45) is -0.104. The largest absolute Gasteiger partial charge is 0.481 e. The molecule has 1 heterocycles. The van der Waals surface area contributed by atoms with E-state index in [-0.39, 0.29) is 23.7 Å². The maximum absolute atomic E-state index is 11.7. The molecule has 0 aliphatic rings.